The molecule has 4 aliphatic carbocycles. The monoisotopic (exact) mass is 468 g/mol. The van der Waals surface area contributed by atoms with Crippen LogP contribution in [0, 0.1) is 45.3 Å². The number of hydrogen-bond acceptors (Lipinski definition) is 4. The molecule has 0 N–H and O–H groups in total. The molecule has 0 bridgehead atoms. The lowest BCUT2D eigenvalue weighted by Crippen LogP contribution is -2.56. The number of esters is 2. The van der Waals surface area contributed by atoms with E-state index in [1.165, 1.54) is 44.9 Å². The zero-order chi connectivity index (χ0) is 24.3. The van der Waals surface area contributed by atoms with Crippen LogP contribution in [0.25, 0.3) is 0 Å². The van der Waals surface area contributed by atoms with Gasteiger partial charge >= 0.3 is 11.9 Å². The fourth-order valence-corrected chi connectivity index (χ4v) is 11.1. The van der Waals surface area contributed by atoms with Crippen LogP contribution in [0.15, 0.2) is 11.6 Å². The molecule has 2 heterocycles. The topological polar surface area (TPSA) is 52.6 Å². The van der Waals surface area contributed by atoms with Gasteiger partial charge in [0.05, 0.1) is 0 Å². The minimum absolute atomic E-state index is 0.0142. The van der Waals surface area contributed by atoms with E-state index in [9.17, 15) is 9.59 Å². The fraction of sp³-hybridized carbons (Fsp3) is 0.867. The number of fused-ring (bicyclic) bond motifs is 2. The quantitative estimate of drug-likeness (QED) is 0.427. The van der Waals surface area contributed by atoms with Crippen LogP contribution in [0.1, 0.15) is 106 Å². The lowest BCUT2D eigenvalue weighted by Gasteiger charge is -2.61. The highest BCUT2D eigenvalue weighted by molar-refractivity contribution is 5.88. The molecule has 5 fully saturated rings. The Labute approximate surface area is 205 Å². The molecular formula is C30H44O4. The number of carbonyl (C=O) groups excluding carboxylic acids is 2. The van der Waals surface area contributed by atoms with Crippen molar-refractivity contribution in [3.05, 3.63) is 11.6 Å². The van der Waals surface area contributed by atoms with Crippen molar-refractivity contribution in [2.24, 2.45) is 45.3 Å². The molecular weight excluding hydrogens is 424 g/mol. The van der Waals surface area contributed by atoms with Crippen LogP contribution >= 0.6 is 0 Å². The predicted octanol–water partition coefficient (Wildman–Crippen LogP) is 6.62. The van der Waals surface area contributed by atoms with Crippen molar-refractivity contribution in [2.75, 3.05) is 0 Å². The van der Waals surface area contributed by atoms with E-state index in [0.717, 1.165) is 24.3 Å². The molecule has 0 amide bonds. The van der Waals surface area contributed by atoms with E-state index in [1.807, 2.05) is 6.92 Å². The minimum Gasteiger partial charge on any atom is -0.459 e. The summed E-state index contributed by atoms with van der Waals surface area (Å²) in [7, 11) is 0. The van der Waals surface area contributed by atoms with Gasteiger partial charge in [0.25, 0.3) is 0 Å². The molecule has 1 saturated heterocycles. The maximum Gasteiger partial charge on any atom is 0.333 e. The van der Waals surface area contributed by atoms with Gasteiger partial charge in [0.2, 0.25) is 0 Å². The SMILES string of the molecule is CC1=CC[C@@H]([C@H](C)[C@H]2CC[C@@]3(C)[C@@H]4CC[C@@H]5C(C)(C)OC(=O)CC[C@]56C[C@]46CC[C@]23C)OC1=O. The predicted molar refractivity (Wildman–Crippen MR) is 131 cm³/mol. The molecule has 0 aromatic heterocycles. The van der Waals surface area contributed by atoms with Crippen LogP contribution in [0.3, 0.4) is 0 Å². The average molecular weight is 469 g/mol. The molecule has 0 radical (unpaired) electrons. The third-order valence-corrected chi connectivity index (χ3v) is 13.0. The van der Waals surface area contributed by atoms with Gasteiger partial charge in [0.15, 0.2) is 0 Å². The van der Waals surface area contributed by atoms with Gasteiger partial charge in [0, 0.05) is 24.3 Å². The zero-order valence-corrected chi connectivity index (χ0v) is 22.2. The summed E-state index contributed by atoms with van der Waals surface area (Å²) in [5.74, 6) is 2.13. The van der Waals surface area contributed by atoms with E-state index in [2.05, 4.69) is 40.7 Å². The second-order valence-corrected chi connectivity index (χ2v) is 14.2. The Hall–Kier alpha value is -1.32. The molecule has 0 aromatic rings. The van der Waals surface area contributed by atoms with E-state index in [-0.39, 0.29) is 29.1 Å². The third kappa shape index (κ3) is 2.67. The van der Waals surface area contributed by atoms with Crippen molar-refractivity contribution in [2.45, 2.75) is 117 Å². The number of rotatable bonds is 2. The van der Waals surface area contributed by atoms with Crippen LogP contribution in [0.4, 0.5) is 0 Å². The van der Waals surface area contributed by atoms with Crippen molar-refractivity contribution >= 4 is 11.9 Å². The largest absolute Gasteiger partial charge is 0.459 e. The molecule has 4 saturated carbocycles. The van der Waals surface area contributed by atoms with E-state index >= 15 is 0 Å². The van der Waals surface area contributed by atoms with Gasteiger partial charge in [-0.3, -0.25) is 4.79 Å². The molecule has 188 valence electrons. The lowest BCUT2D eigenvalue weighted by molar-refractivity contribution is -0.170. The van der Waals surface area contributed by atoms with E-state index < -0.39 is 0 Å². The molecule has 0 aromatic carbocycles. The third-order valence-electron chi connectivity index (χ3n) is 13.0. The lowest BCUT2D eigenvalue weighted by atomic mass is 9.43. The van der Waals surface area contributed by atoms with E-state index in [1.54, 1.807) is 0 Å². The highest BCUT2D eigenvalue weighted by Crippen LogP contribution is 2.88. The second-order valence-electron chi connectivity index (χ2n) is 14.2. The highest BCUT2D eigenvalue weighted by atomic mass is 16.6. The summed E-state index contributed by atoms with van der Waals surface area (Å²) in [4.78, 5) is 24.8. The van der Waals surface area contributed by atoms with Crippen LogP contribution in [0.5, 0.6) is 0 Å². The summed E-state index contributed by atoms with van der Waals surface area (Å²) in [6.07, 6.45) is 13.5. The van der Waals surface area contributed by atoms with Crippen molar-refractivity contribution in [1.29, 1.82) is 0 Å². The van der Waals surface area contributed by atoms with Crippen molar-refractivity contribution in [3.8, 4) is 0 Å². The molecule has 6 aliphatic rings. The van der Waals surface area contributed by atoms with Gasteiger partial charge < -0.3 is 9.47 Å². The van der Waals surface area contributed by atoms with Crippen molar-refractivity contribution in [3.63, 3.8) is 0 Å². The van der Waals surface area contributed by atoms with Gasteiger partial charge in [-0.1, -0.05) is 26.8 Å². The Morgan fingerprint density at radius 1 is 0.912 bits per heavy atom. The minimum atomic E-state index is -0.340. The fourth-order valence-electron chi connectivity index (χ4n) is 11.1. The molecule has 4 nitrogen and oxygen atoms in total. The molecule has 9 atom stereocenters. The van der Waals surface area contributed by atoms with Crippen molar-refractivity contribution in [1.82, 2.24) is 0 Å². The molecule has 6 rings (SSSR count). The van der Waals surface area contributed by atoms with Crippen molar-refractivity contribution < 1.29 is 19.1 Å². The van der Waals surface area contributed by atoms with Gasteiger partial charge in [-0.25, -0.2) is 4.79 Å². The zero-order valence-electron chi connectivity index (χ0n) is 22.2. The maximum absolute atomic E-state index is 12.5. The van der Waals surface area contributed by atoms with Crippen LogP contribution < -0.4 is 0 Å². The van der Waals surface area contributed by atoms with Gasteiger partial charge in [-0.2, -0.15) is 0 Å². The first-order chi connectivity index (χ1) is 15.9. The normalized spacial score (nSPS) is 52.0. The van der Waals surface area contributed by atoms with E-state index in [0.29, 0.717) is 40.4 Å². The number of hydrogen-bond donors (Lipinski definition) is 0. The Morgan fingerprint density at radius 3 is 2.35 bits per heavy atom. The Morgan fingerprint density at radius 2 is 1.62 bits per heavy atom. The van der Waals surface area contributed by atoms with Gasteiger partial charge in [-0.05, 0) is 112 Å². The van der Waals surface area contributed by atoms with Gasteiger partial charge in [0.1, 0.15) is 11.7 Å². The Kier molecular flexibility index (Phi) is 4.70. The summed E-state index contributed by atoms with van der Waals surface area (Å²) in [5, 5.41) is 0. The Balaban J connectivity index is 1.30. The van der Waals surface area contributed by atoms with Crippen LogP contribution in [0.2, 0.25) is 0 Å². The van der Waals surface area contributed by atoms with Crippen LogP contribution in [-0.2, 0) is 19.1 Å². The number of cyclic esters (lactones) is 2. The molecule has 2 spiro atoms. The smallest absolute Gasteiger partial charge is 0.333 e. The highest BCUT2D eigenvalue weighted by Gasteiger charge is 2.82. The first kappa shape index (κ1) is 23.1. The van der Waals surface area contributed by atoms with Gasteiger partial charge in [-0.15, -0.1) is 0 Å². The molecule has 0 unspecified atom stereocenters. The first-order valence-electron chi connectivity index (χ1n) is 14.0. The second kappa shape index (κ2) is 6.91. The molecule has 34 heavy (non-hydrogen) atoms. The maximum atomic E-state index is 12.5. The summed E-state index contributed by atoms with van der Waals surface area (Å²) >= 11 is 0. The average Bonchev–Trinajstić information content (AvgIpc) is 3.39. The molecule has 4 heteroatoms. The van der Waals surface area contributed by atoms with Crippen LogP contribution in [-0.4, -0.2) is 23.6 Å². The number of carbonyl (C=O) groups is 2. The Bertz CT molecular complexity index is 965. The summed E-state index contributed by atoms with van der Waals surface area (Å²) in [6, 6.07) is 0. The number of ether oxygens (including phenoxy) is 2. The summed E-state index contributed by atoms with van der Waals surface area (Å²) in [6.45, 7) is 13.8. The van der Waals surface area contributed by atoms with E-state index in [4.69, 9.17) is 9.47 Å². The molecule has 2 aliphatic heterocycles. The summed E-state index contributed by atoms with van der Waals surface area (Å²) in [5.41, 5.74) is 1.74. The standard InChI is InChI=1S/C30H44O4/c1-18-7-8-21(33-25(18)32)19(2)20-11-13-28(6)23-10-9-22-26(3,4)34-24(31)12-14-29(22)17-30(23,29)16-15-27(20,28)5/h7,19-23H,8-17H2,1-6H3/t19-,20-,21+,22-,23+,27-,28+,29+,30-/m1/s1. The first-order valence-corrected chi connectivity index (χ1v) is 14.0. The summed E-state index contributed by atoms with van der Waals surface area (Å²) < 4.78 is 11.9.